The van der Waals surface area contributed by atoms with Gasteiger partial charge in [0.15, 0.2) is 6.73 Å². The molecule has 0 unspecified atom stereocenters. The molecule has 2 aromatic carbocycles. The number of anilines is 4. The highest BCUT2D eigenvalue weighted by molar-refractivity contribution is 6.34. The zero-order chi connectivity index (χ0) is 23.8. The molecule has 176 valence electrons. The lowest BCUT2D eigenvalue weighted by Gasteiger charge is -2.31. The third kappa shape index (κ3) is 4.22. The van der Waals surface area contributed by atoms with Crippen molar-refractivity contribution in [2.75, 3.05) is 48.0 Å². The number of hydrogen-bond donors (Lipinski definition) is 2. The molecule has 1 aromatic heterocycles. The van der Waals surface area contributed by atoms with Gasteiger partial charge >= 0.3 is 0 Å². The van der Waals surface area contributed by atoms with Gasteiger partial charge < -0.3 is 20.3 Å². The van der Waals surface area contributed by atoms with Crippen molar-refractivity contribution in [3.63, 3.8) is 0 Å². The SMILES string of the molecule is Cc1cc(Nc2ncc3c(n2)OCN(c2c(F)cccc2Cl)C3=O)cc(Cl)c1N1CCNCC1. The standard InChI is InChI=1S/C23H21Cl2FN6O2/c1-13-9-14(10-17(25)19(13)31-7-5-27-6-8-31)29-23-28-11-15-21(30-23)34-12-32(22(15)33)20-16(24)3-2-4-18(20)26/h2-4,9-11,27H,5-8,12H2,1H3,(H,28,29,30). The maximum Gasteiger partial charge on any atom is 0.268 e. The van der Waals surface area contributed by atoms with E-state index in [0.29, 0.717) is 10.7 Å². The summed E-state index contributed by atoms with van der Waals surface area (Å²) in [7, 11) is 0. The Hall–Kier alpha value is -3.14. The van der Waals surface area contributed by atoms with Crippen LogP contribution in [-0.2, 0) is 0 Å². The maximum atomic E-state index is 14.3. The number of ether oxygens (including phenoxy) is 1. The van der Waals surface area contributed by atoms with E-state index in [1.807, 2.05) is 19.1 Å². The van der Waals surface area contributed by atoms with Crippen molar-refractivity contribution in [1.29, 1.82) is 0 Å². The van der Waals surface area contributed by atoms with Crippen LogP contribution in [0.15, 0.2) is 36.5 Å². The number of carbonyl (C=O) groups excluding carboxylic acids is 1. The fraction of sp³-hybridized carbons (Fsp3) is 0.261. The number of aromatic nitrogens is 2. The highest BCUT2D eigenvalue weighted by atomic mass is 35.5. The summed E-state index contributed by atoms with van der Waals surface area (Å²) in [5.41, 5.74) is 2.82. The predicted molar refractivity (Wildman–Crippen MR) is 130 cm³/mol. The Kier molecular flexibility index (Phi) is 6.16. The molecule has 0 spiro atoms. The summed E-state index contributed by atoms with van der Waals surface area (Å²) in [4.78, 5) is 24.9. The Morgan fingerprint density at radius 1 is 1.15 bits per heavy atom. The fourth-order valence-electron chi connectivity index (χ4n) is 4.15. The van der Waals surface area contributed by atoms with Gasteiger partial charge in [-0.15, -0.1) is 0 Å². The van der Waals surface area contributed by atoms with E-state index in [2.05, 4.69) is 25.5 Å². The quantitative estimate of drug-likeness (QED) is 0.547. The minimum absolute atomic E-state index is 0.0447. The van der Waals surface area contributed by atoms with Crippen LogP contribution in [0.2, 0.25) is 10.0 Å². The molecule has 5 rings (SSSR count). The summed E-state index contributed by atoms with van der Waals surface area (Å²) in [6.45, 7) is 5.39. The van der Waals surface area contributed by atoms with Crippen molar-refractivity contribution in [2.45, 2.75) is 6.92 Å². The molecule has 1 amide bonds. The van der Waals surface area contributed by atoms with Crippen LogP contribution in [0.5, 0.6) is 5.88 Å². The van der Waals surface area contributed by atoms with Gasteiger partial charge in [0.1, 0.15) is 17.1 Å². The smallest absolute Gasteiger partial charge is 0.268 e. The summed E-state index contributed by atoms with van der Waals surface area (Å²) >= 11 is 12.7. The van der Waals surface area contributed by atoms with Crippen LogP contribution in [0.1, 0.15) is 15.9 Å². The molecular weight excluding hydrogens is 482 g/mol. The summed E-state index contributed by atoms with van der Waals surface area (Å²) < 4.78 is 20.0. The molecule has 3 heterocycles. The van der Waals surface area contributed by atoms with Crippen molar-refractivity contribution < 1.29 is 13.9 Å². The van der Waals surface area contributed by atoms with Gasteiger partial charge in [0, 0.05) is 38.1 Å². The third-order valence-electron chi connectivity index (χ3n) is 5.71. The molecule has 3 aromatic rings. The summed E-state index contributed by atoms with van der Waals surface area (Å²) in [6, 6.07) is 8.00. The van der Waals surface area contributed by atoms with Crippen molar-refractivity contribution in [1.82, 2.24) is 15.3 Å². The van der Waals surface area contributed by atoms with Crippen molar-refractivity contribution in [2.24, 2.45) is 0 Å². The number of fused-ring (bicyclic) bond motifs is 1. The minimum atomic E-state index is -0.622. The van der Waals surface area contributed by atoms with E-state index in [1.165, 1.54) is 24.4 Å². The number of aryl methyl sites for hydroxylation is 1. The molecule has 0 saturated carbocycles. The molecule has 0 aliphatic carbocycles. The van der Waals surface area contributed by atoms with Gasteiger partial charge in [0.25, 0.3) is 5.91 Å². The van der Waals surface area contributed by atoms with Crippen molar-refractivity contribution >= 4 is 52.1 Å². The van der Waals surface area contributed by atoms with Crippen LogP contribution in [-0.4, -0.2) is 48.8 Å². The molecule has 2 aliphatic heterocycles. The molecule has 34 heavy (non-hydrogen) atoms. The molecule has 0 bridgehead atoms. The first-order chi connectivity index (χ1) is 16.4. The third-order valence-corrected chi connectivity index (χ3v) is 6.30. The number of para-hydroxylation sites is 1. The average molecular weight is 503 g/mol. The Morgan fingerprint density at radius 3 is 2.68 bits per heavy atom. The first-order valence-corrected chi connectivity index (χ1v) is 11.5. The Labute approximate surface area is 205 Å². The second-order valence-electron chi connectivity index (χ2n) is 7.97. The van der Waals surface area contributed by atoms with Gasteiger partial charge in [-0.1, -0.05) is 29.3 Å². The topological polar surface area (TPSA) is 82.6 Å². The van der Waals surface area contributed by atoms with Crippen LogP contribution in [0.4, 0.5) is 27.4 Å². The van der Waals surface area contributed by atoms with E-state index in [9.17, 15) is 9.18 Å². The lowest BCUT2D eigenvalue weighted by Crippen LogP contribution is -2.43. The molecule has 2 N–H and O–H groups in total. The first-order valence-electron chi connectivity index (χ1n) is 10.7. The van der Waals surface area contributed by atoms with Gasteiger partial charge in [-0.2, -0.15) is 4.98 Å². The Balaban J connectivity index is 1.37. The Morgan fingerprint density at radius 2 is 1.94 bits per heavy atom. The fourth-order valence-corrected chi connectivity index (χ4v) is 4.80. The molecule has 2 aliphatic rings. The van der Waals surface area contributed by atoms with E-state index < -0.39 is 11.7 Å². The predicted octanol–water partition coefficient (Wildman–Crippen LogP) is 4.38. The van der Waals surface area contributed by atoms with E-state index in [1.54, 1.807) is 0 Å². The number of carbonyl (C=O) groups is 1. The summed E-state index contributed by atoms with van der Waals surface area (Å²) in [6.07, 6.45) is 1.34. The monoisotopic (exact) mass is 502 g/mol. The van der Waals surface area contributed by atoms with Crippen LogP contribution < -0.4 is 25.2 Å². The number of hydrogen-bond acceptors (Lipinski definition) is 7. The number of amides is 1. The van der Waals surface area contributed by atoms with E-state index in [-0.39, 0.29) is 34.8 Å². The van der Waals surface area contributed by atoms with Crippen LogP contribution in [0, 0.1) is 12.7 Å². The lowest BCUT2D eigenvalue weighted by atomic mass is 10.1. The summed E-state index contributed by atoms with van der Waals surface area (Å²) in [5.74, 6) is -0.775. The van der Waals surface area contributed by atoms with E-state index >= 15 is 0 Å². The number of nitrogens with zero attached hydrogens (tertiary/aromatic N) is 4. The number of rotatable bonds is 4. The van der Waals surface area contributed by atoms with Crippen LogP contribution in [0.25, 0.3) is 0 Å². The second kappa shape index (κ2) is 9.25. The Bertz CT molecular complexity index is 1220. The molecule has 0 atom stereocenters. The van der Waals surface area contributed by atoms with E-state index in [0.717, 1.165) is 42.3 Å². The zero-order valence-corrected chi connectivity index (χ0v) is 19.8. The van der Waals surface area contributed by atoms with Gasteiger partial charge in [-0.25, -0.2) is 9.37 Å². The number of halogens is 3. The van der Waals surface area contributed by atoms with E-state index in [4.69, 9.17) is 27.9 Å². The molecule has 1 saturated heterocycles. The molecule has 8 nitrogen and oxygen atoms in total. The highest BCUT2D eigenvalue weighted by Crippen LogP contribution is 2.36. The number of nitrogens with one attached hydrogen (secondary N) is 2. The number of benzene rings is 2. The van der Waals surface area contributed by atoms with Gasteiger partial charge in [-0.05, 0) is 36.8 Å². The van der Waals surface area contributed by atoms with Crippen LogP contribution >= 0.6 is 23.2 Å². The largest absolute Gasteiger partial charge is 0.455 e. The zero-order valence-electron chi connectivity index (χ0n) is 18.2. The average Bonchev–Trinajstić information content (AvgIpc) is 2.80. The lowest BCUT2D eigenvalue weighted by molar-refractivity contribution is 0.0931. The van der Waals surface area contributed by atoms with Crippen molar-refractivity contribution in [3.8, 4) is 5.88 Å². The minimum Gasteiger partial charge on any atom is -0.455 e. The summed E-state index contributed by atoms with van der Waals surface area (Å²) in [5, 5.41) is 7.19. The normalized spacial score (nSPS) is 15.7. The molecule has 11 heteroatoms. The molecule has 1 fully saturated rings. The molecular formula is C23H21Cl2FN6O2. The van der Waals surface area contributed by atoms with Crippen LogP contribution in [0.3, 0.4) is 0 Å². The second-order valence-corrected chi connectivity index (χ2v) is 8.79. The highest BCUT2D eigenvalue weighted by Gasteiger charge is 2.31. The van der Waals surface area contributed by atoms with Crippen molar-refractivity contribution in [3.05, 3.63) is 63.5 Å². The number of piperazine rings is 1. The van der Waals surface area contributed by atoms with Gasteiger partial charge in [0.2, 0.25) is 11.8 Å². The molecule has 0 radical (unpaired) electrons. The van der Waals surface area contributed by atoms with Gasteiger partial charge in [0.05, 0.1) is 15.7 Å². The maximum absolute atomic E-state index is 14.3. The van der Waals surface area contributed by atoms with Gasteiger partial charge in [-0.3, -0.25) is 9.69 Å². The first kappa shape index (κ1) is 22.6.